The van der Waals surface area contributed by atoms with Crippen LogP contribution in [0.4, 0.5) is 65.9 Å². The molecule has 178 valence electrons. The summed E-state index contributed by atoms with van der Waals surface area (Å²) in [5, 5.41) is -7.59. The maximum absolute atomic E-state index is 13.2. The van der Waals surface area contributed by atoms with E-state index in [-0.39, 0.29) is 6.15 Å². The second kappa shape index (κ2) is 7.50. The van der Waals surface area contributed by atoms with Crippen molar-refractivity contribution >= 4 is 10.1 Å². The first-order valence-electron chi connectivity index (χ1n) is 6.01. The monoisotopic (exact) mass is 495 g/mol. The van der Waals surface area contributed by atoms with Crippen molar-refractivity contribution < 1.29 is 78.8 Å². The molecule has 0 aromatic heterocycles. The van der Waals surface area contributed by atoms with Crippen molar-refractivity contribution in [3.63, 3.8) is 0 Å². The normalized spacial score (nSPS) is 15.9. The molecule has 0 aliphatic carbocycles. The number of alkyl halides is 15. The van der Waals surface area contributed by atoms with Gasteiger partial charge in [0.05, 0.1) is 0 Å². The molecule has 0 amide bonds. The fourth-order valence-electron chi connectivity index (χ4n) is 1.42. The first kappa shape index (κ1) is 30.0. The van der Waals surface area contributed by atoms with E-state index < -0.39 is 64.0 Å². The largest absolute Gasteiger partial charge is 0.438 e. The van der Waals surface area contributed by atoms with E-state index in [0.29, 0.717) is 0 Å². The molecule has 20 heteroatoms. The van der Waals surface area contributed by atoms with Gasteiger partial charge in [-0.05, 0) is 0 Å². The van der Waals surface area contributed by atoms with Crippen LogP contribution in [-0.2, 0) is 10.1 Å². The van der Waals surface area contributed by atoms with Crippen molar-refractivity contribution in [3.05, 3.63) is 0 Å². The summed E-state index contributed by atoms with van der Waals surface area (Å²) in [4.78, 5) is 0. The molecule has 0 aromatic carbocycles. The van der Waals surface area contributed by atoms with Gasteiger partial charge in [0.2, 0.25) is 0 Å². The molecule has 0 unspecified atom stereocenters. The predicted octanol–water partition coefficient (Wildman–Crippen LogP) is 5.15. The van der Waals surface area contributed by atoms with Gasteiger partial charge < -0.3 is 6.15 Å². The maximum atomic E-state index is 13.2. The summed E-state index contributed by atoms with van der Waals surface area (Å²) in [6.45, 7) is 0. The van der Waals surface area contributed by atoms with Gasteiger partial charge in [0.1, 0.15) is 0 Å². The highest BCUT2D eigenvalue weighted by atomic mass is 32.2. The SMILES string of the molecule is N.O=S(=O)(O)C(F)(F)C(F)(F)C(F)(F)C(F)(F)C(F)(F)C(F)(F)CCC(F)(F)F. The minimum absolute atomic E-state index is 0. The lowest BCUT2D eigenvalue weighted by atomic mass is 9.92. The Morgan fingerprint density at radius 2 is 0.862 bits per heavy atom. The highest BCUT2D eigenvalue weighted by Gasteiger charge is 2.91. The summed E-state index contributed by atoms with van der Waals surface area (Å²) in [6.07, 6.45) is -12.1. The summed E-state index contributed by atoms with van der Waals surface area (Å²) in [6, 6.07) is 0. The molecule has 0 aliphatic rings. The van der Waals surface area contributed by atoms with Crippen molar-refractivity contribution in [2.45, 2.75) is 53.9 Å². The summed E-state index contributed by atoms with van der Waals surface area (Å²) in [7, 11) is -7.69. The van der Waals surface area contributed by atoms with E-state index in [1.54, 1.807) is 0 Å². The second-order valence-electron chi connectivity index (χ2n) is 5.11. The zero-order valence-electron chi connectivity index (χ0n) is 13.0. The third-order valence-corrected chi connectivity index (χ3v) is 3.96. The molecule has 0 atom stereocenters. The number of hydrogen-bond donors (Lipinski definition) is 2. The summed E-state index contributed by atoms with van der Waals surface area (Å²) in [5.41, 5.74) is 0. The Kier molecular flexibility index (Phi) is 7.76. The third-order valence-electron chi connectivity index (χ3n) is 3.05. The topological polar surface area (TPSA) is 89.4 Å². The molecule has 0 rings (SSSR count). The smallest absolute Gasteiger partial charge is 0.344 e. The molecule has 4 N–H and O–H groups in total. The minimum atomic E-state index is -8.32. The fraction of sp³-hybridized carbons (Fsp3) is 1.00. The molecule has 0 saturated carbocycles. The zero-order chi connectivity index (χ0) is 23.4. The highest BCUT2D eigenvalue weighted by Crippen LogP contribution is 2.61. The Hall–Kier alpha value is -1.18. The van der Waals surface area contributed by atoms with Crippen LogP contribution in [0.15, 0.2) is 0 Å². The van der Waals surface area contributed by atoms with Gasteiger partial charge in [0.15, 0.2) is 0 Å². The Balaban J connectivity index is 0. The molecular weight excluding hydrogens is 487 g/mol. The molecule has 0 saturated heterocycles. The summed E-state index contributed by atoms with van der Waals surface area (Å²) in [5.74, 6) is -39.3. The van der Waals surface area contributed by atoms with Gasteiger partial charge >= 0.3 is 51.2 Å². The number of rotatable bonds is 8. The lowest BCUT2D eigenvalue weighted by molar-refractivity contribution is -0.418. The lowest BCUT2D eigenvalue weighted by Crippen LogP contribution is -2.71. The molecule has 0 spiro atoms. The van der Waals surface area contributed by atoms with Gasteiger partial charge in [-0.2, -0.15) is 74.3 Å². The van der Waals surface area contributed by atoms with Crippen LogP contribution in [0.3, 0.4) is 0 Å². The summed E-state index contributed by atoms with van der Waals surface area (Å²) >= 11 is 0. The van der Waals surface area contributed by atoms with Crippen LogP contribution in [0.1, 0.15) is 12.8 Å². The summed E-state index contributed by atoms with van der Waals surface area (Å²) < 4.78 is 219. The van der Waals surface area contributed by atoms with E-state index >= 15 is 0 Å². The molecule has 0 radical (unpaired) electrons. The van der Waals surface area contributed by atoms with Crippen LogP contribution in [0.5, 0.6) is 0 Å². The molecule has 0 fully saturated rings. The van der Waals surface area contributed by atoms with Gasteiger partial charge in [-0.1, -0.05) is 0 Å². The van der Waals surface area contributed by atoms with E-state index in [9.17, 15) is 74.3 Å². The van der Waals surface area contributed by atoms with Crippen molar-refractivity contribution in [2.24, 2.45) is 0 Å². The quantitative estimate of drug-likeness (QED) is 0.360. The molecule has 0 heterocycles. The number of hydrogen-bond acceptors (Lipinski definition) is 3. The Labute approximate surface area is 150 Å². The first-order valence-corrected chi connectivity index (χ1v) is 7.45. The predicted molar refractivity (Wildman–Crippen MR) is 61.5 cm³/mol. The molecule has 0 bridgehead atoms. The molecule has 29 heavy (non-hydrogen) atoms. The van der Waals surface area contributed by atoms with Crippen LogP contribution >= 0.6 is 0 Å². The molecule has 0 aliphatic heterocycles. The number of halogens is 15. The second-order valence-corrected chi connectivity index (χ2v) is 6.57. The highest BCUT2D eigenvalue weighted by molar-refractivity contribution is 7.87. The first-order chi connectivity index (χ1) is 11.7. The maximum Gasteiger partial charge on any atom is 0.438 e. The average Bonchev–Trinajstić information content (AvgIpc) is 2.42. The molecule has 4 nitrogen and oxygen atoms in total. The van der Waals surface area contributed by atoms with E-state index in [0.717, 1.165) is 0 Å². The minimum Gasteiger partial charge on any atom is -0.344 e. The standard InChI is InChI=1S/C9H5F15O3S.H3N/c10-3(11,1-2-4(12,13)14)5(15,16)6(17,18)7(19,20)8(21,22)9(23,24)28(25,26)27;/h1-2H2,(H,25,26,27);1H3. The lowest BCUT2D eigenvalue weighted by Gasteiger charge is -2.40. The third kappa shape index (κ3) is 4.62. The van der Waals surface area contributed by atoms with Gasteiger partial charge in [-0.15, -0.1) is 0 Å². The molecular formula is C9H8F15NO3S. The Morgan fingerprint density at radius 1 is 0.552 bits per heavy atom. The Bertz CT molecular complexity index is 684. The van der Waals surface area contributed by atoms with Crippen molar-refractivity contribution in [3.8, 4) is 0 Å². The van der Waals surface area contributed by atoms with E-state index in [1.165, 1.54) is 0 Å². The zero-order valence-corrected chi connectivity index (χ0v) is 13.8. The van der Waals surface area contributed by atoms with Crippen molar-refractivity contribution in [1.29, 1.82) is 0 Å². The van der Waals surface area contributed by atoms with Crippen LogP contribution in [0, 0.1) is 0 Å². The van der Waals surface area contributed by atoms with Crippen LogP contribution in [0.25, 0.3) is 0 Å². The van der Waals surface area contributed by atoms with Gasteiger partial charge in [-0.25, -0.2) is 0 Å². The van der Waals surface area contributed by atoms with Crippen molar-refractivity contribution in [1.82, 2.24) is 6.15 Å². The van der Waals surface area contributed by atoms with E-state index in [2.05, 4.69) is 0 Å². The van der Waals surface area contributed by atoms with Gasteiger partial charge in [-0.3, -0.25) is 4.55 Å². The van der Waals surface area contributed by atoms with Crippen molar-refractivity contribution in [2.75, 3.05) is 0 Å². The van der Waals surface area contributed by atoms with Crippen LogP contribution in [-0.4, -0.2) is 54.0 Å². The van der Waals surface area contributed by atoms with E-state index in [4.69, 9.17) is 4.55 Å². The molecule has 0 aromatic rings. The Morgan fingerprint density at radius 3 is 1.14 bits per heavy atom. The van der Waals surface area contributed by atoms with E-state index in [1.807, 2.05) is 0 Å². The van der Waals surface area contributed by atoms with Gasteiger partial charge in [0.25, 0.3) is 0 Å². The van der Waals surface area contributed by atoms with Crippen LogP contribution in [0.2, 0.25) is 0 Å². The average molecular weight is 495 g/mol. The van der Waals surface area contributed by atoms with Crippen LogP contribution < -0.4 is 6.15 Å². The fourth-order valence-corrected chi connectivity index (χ4v) is 1.88. The van der Waals surface area contributed by atoms with Gasteiger partial charge in [0, 0.05) is 12.8 Å².